The molecule has 0 radical (unpaired) electrons. The first-order valence-corrected chi connectivity index (χ1v) is 9.33. The van der Waals surface area contributed by atoms with E-state index in [0.29, 0.717) is 28.4 Å². The molecule has 10 heteroatoms. The van der Waals surface area contributed by atoms with Crippen molar-refractivity contribution in [2.45, 2.75) is 31.7 Å². The van der Waals surface area contributed by atoms with E-state index in [4.69, 9.17) is 16.2 Å². The maximum atomic E-state index is 12.9. The molecule has 0 bridgehead atoms. The Morgan fingerprint density at radius 1 is 1.25 bits per heavy atom. The number of alkyl halides is 3. The fourth-order valence-electron chi connectivity index (χ4n) is 3.14. The number of fused-ring (bicyclic) bond motifs is 1. The van der Waals surface area contributed by atoms with Gasteiger partial charge in [0.15, 0.2) is 0 Å². The van der Waals surface area contributed by atoms with Crippen molar-refractivity contribution < 1.29 is 22.6 Å². The second kappa shape index (κ2) is 6.84. The number of hydrogen-bond acceptors (Lipinski definition) is 6. The molecular weight excluding hydrogens is 441 g/mol. The highest BCUT2D eigenvalue weighted by molar-refractivity contribution is 9.10. The second-order valence-electron chi connectivity index (χ2n) is 6.73. The number of ether oxygens (including phenoxy) is 2. The number of halogens is 4. The van der Waals surface area contributed by atoms with Gasteiger partial charge < -0.3 is 20.9 Å². The fourth-order valence-corrected chi connectivity index (χ4v) is 3.64. The van der Waals surface area contributed by atoms with E-state index < -0.39 is 6.36 Å². The summed E-state index contributed by atoms with van der Waals surface area (Å²) in [5, 5.41) is 0. The van der Waals surface area contributed by atoms with Crippen LogP contribution in [-0.4, -0.2) is 22.4 Å². The lowest BCUT2D eigenvalue weighted by atomic mass is 9.96. The molecule has 4 rings (SSSR count). The summed E-state index contributed by atoms with van der Waals surface area (Å²) in [5.41, 5.74) is 13.1. The van der Waals surface area contributed by atoms with Gasteiger partial charge in [-0.05, 0) is 52.4 Å². The van der Waals surface area contributed by atoms with Gasteiger partial charge in [0.1, 0.15) is 27.9 Å². The number of rotatable bonds is 4. The predicted molar refractivity (Wildman–Crippen MR) is 101 cm³/mol. The minimum atomic E-state index is -4.84. The molecule has 0 spiro atoms. The minimum absolute atomic E-state index is 0.0238. The smallest absolute Gasteiger partial charge is 0.484 e. The van der Waals surface area contributed by atoms with Gasteiger partial charge in [-0.25, -0.2) is 4.98 Å². The lowest BCUT2D eigenvalue weighted by molar-refractivity contribution is -0.274. The molecule has 1 atom stereocenters. The van der Waals surface area contributed by atoms with Crippen LogP contribution in [0.5, 0.6) is 11.5 Å². The van der Waals surface area contributed by atoms with Crippen molar-refractivity contribution in [3.63, 3.8) is 0 Å². The van der Waals surface area contributed by atoms with Crippen LogP contribution in [0.2, 0.25) is 0 Å². The molecule has 1 aliphatic carbocycles. The van der Waals surface area contributed by atoms with Gasteiger partial charge in [-0.2, -0.15) is 4.98 Å². The monoisotopic (exact) mass is 456 g/mol. The van der Waals surface area contributed by atoms with Crippen molar-refractivity contribution >= 4 is 33.8 Å². The van der Waals surface area contributed by atoms with Crippen LogP contribution in [0.25, 0.3) is 6.08 Å². The van der Waals surface area contributed by atoms with Gasteiger partial charge in [0.05, 0.1) is 0 Å². The molecule has 1 aliphatic heterocycles. The van der Waals surface area contributed by atoms with Crippen LogP contribution in [0.1, 0.15) is 29.5 Å². The number of nitrogens with zero attached hydrogens (tertiary/aromatic N) is 2. The first kappa shape index (κ1) is 18.9. The van der Waals surface area contributed by atoms with Crippen LogP contribution in [0.15, 0.2) is 22.8 Å². The third-order valence-corrected chi connectivity index (χ3v) is 5.38. The number of nitrogen functional groups attached to an aromatic ring is 2. The second-order valence-corrected chi connectivity index (χ2v) is 7.53. The molecule has 1 saturated carbocycles. The first-order valence-electron chi connectivity index (χ1n) is 8.54. The Morgan fingerprint density at radius 2 is 2.00 bits per heavy atom. The van der Waals surface area contributed by atoms with E-state index in [1.807, 2.05) is 12.2 Å². The lowest BCUT2D eigenvalue weighted by Crippen LogP contribution is -2.22. The summed E-state index contributed by atoms with van der Waals surface area (Å²) in [7, 11) is 0. The Labute approximate surface area is 166 Å². The number of nitrogens with two attached hydrogens (primary N) is 2. The molecule has 148 valence electrons. The van der Waals surface area contributed by atoms with E-state index in [-0.39, 0.29) is 34.5 Å². The van der Waals surface area contributed by atoms with E-state index >= 15 is 0 Å². The van der Waals surface area contributed by atoms with E-state index in [1.165, 1.54) is 12.3 Å². The molecule has 28 heavy (non-hydrogen) atoms. The molecular formula is C18H16BrF3N4O2. The van der Waals surface area contributed by atoms with Crippen LogP contribution in [0, 0.1) is 5.92 Å². The summed E-state index contributed by atoms with van der Waals surface area (Å²) >= 11 is 3.21. The summed E-state index contributed by atoms with van der Waals surface area (Å²) in [6, 6.07) is 1.32. The standard InChI is InChI=1S/C18H16BrF3N4O2/c19-14-13(28-18(20,21)22)6-9(5-10-7-25-17(24)26-16(10)23)11-3-4-12(8-1-2-8)27-15(11)14/h3-4,6-8,12H,1-2,5H2,(H4,23,24,25,26). The van der Waals surface area contributed by atoms with Crippen LogP contribution < -0.4 is 20.9 Å². The lowest BCUT2D eigenvalue weighted by Gasteiger charge is -2.26. The summed E-state index contributed by atoms with van der Waals surface area (Å²) in [4.78, 5) is 7.81. The van der Waals surface area contributed by atoms with Crippen LogP contribution in [0.3, 0.4) is 0 Å². The molecule has 0 amide bonds. The van der Waals surface area contributed by atoms with Crippen LogP contribution >= 0.6 is 15.9 Å². The summed E-state index contributed by atoms with van der Waals surface area (Å²) in [6.45, 7) is 0. The average Bonchev–Trinajstić information content (AvgIpc) is 3.45. The predicted octanol–water partition coefficient (Wildman–Crippen LogP) is 4.08. The SMILES string of the molecule is Nc1ncc(Cc2cc(OC(F)(F)F)c(Br)c3c2C=CC(C2CC2)O3)c(N)n1. The zero-order valence-corrected chi connectivity index (χ0v) is 16.0. The molecule has 1 fully saturated rings. The highest BCUT2D eigenvalue weighted by atomic mass is 79.9. The fraction of sp³-hybridized carbons (Fsp3) is 0.333. The van der Waals surface area contributed by atoms with Gasteiger partial charge in [0.25, 0.3) is 0 Å². The topological polar surface area (TPSA) is 96.3 Å². The molecule has 0 saturated heterocycles. The van der Waals surface area contributed by atoms with E-state index in [9.17, 15) is 13.2 Å². The Balaban J connectivity index is 1.78. The van der Waals surface area contributed by atoms with Crippen LogP contribution in [-0.2, 0) is 6.42 Å². The molecule has 4 N–H and O–H groups in total. The normalized spacial score (nSPS) is 18.5. The molecule has 6 nitrogen and oxygen atoms in total. The maximum Gasteiger partial charge on any atom is 0.573 e. The molecule has 1 aromatic carbocycles. The Morgan fingerprint density at radius 3 is 2.64 bits per heavy atom. The van der Waals surface area contributed by atoms with Crippen molar-refractivity contribution in [2.75, 3.05) is 11.5 Å². The average molecular weight is 457 g/mol. The van der Waals surface area contributed by atoms with Gasteiger partial charge >= 0.3 is 6.36 Å². The Kier molecular flexibility index (Phi) is 4.60. The largest absolute Gasteiger partial charge is 0.573 e. The molecule has 2 aliphatic rings. The highest BCUT2D eigenvalue weighted by Gasteiger charge is 2.37. The van der Waals surface area contributed by atoms with Crippen molar-refractivity contribution in [1.29, 1.82) is 0 Å². The van der Waals surface area contributed by atoms with Crippen molar-refractivity contribution in [3.05, 3.63) is 39.5 Å². The summed E-state index contributed by atoms with van der Waals surface area (Å²) in [6.07, 6.45) is 2.52. The van der Waals surface area contributed by atoms with Crippen molar-refractivity contribution in [1.82, 2.24) is 9.97 Å². The van der Waals surface area contributed by atoms with E-state index in [0.717, 1.165) is 12.8 Å². The highest BCUT2D eigenvalue weighted by Crippen LogP contribution is 2.47. The molecule has 1 aromatic heterocycles. The van der Waals surface area contributed by atoms with Gasteiger partial charge in [0.2, 0.25) is 5.95 Å². The zero-order chi connectivity index (χ0) is 20.1. The third kappa shape index (κ3) is 3.87. The van der Waals surface area contributed by atoms with Gasteiger partial charge in [0, 0.05) is 23.7 Å². The molecule has 1 unspecified atom stereocenters. The number of aromatic nitrogens is 2. The first-order chi connectivity index (χ1) is 13.2. The Bertz CT molecular complexity index is 961. The Hall–Kier alpha value is -2.49. The number of benzene rings is 1. The van der Waals surface area contributed by atoms with Gasteiger partial charge in [-0.1, -0.05) is 6.08 Å². The van der Waals surface area contributed by atoms with Gasteiger partial charge in [-0.15, -0.1) is 13.2 Å². The number of anilines is 2. The number of hydrogen-bond donors (Lipinski definition) is 2. The summed E-state index contributed by atoms with van der Waals surface area (Å²) < 4.78 is 49.0. The minimum Gasteiger partial charge on any atom is -0.484 e. The maximum absolute atomic E-state index is 12.9. The van der Waals surface area contributed by atoms with Crippen molar-refractivity contribution in [2.24, 2.45) is 5.92 Å². The zero-order valence-electron chi connectivity index (χ0n) is 14.5. The summed E-state index contributed by atoms with van der Waals surface area (Å²) in [5.74, 6) is 0.523. The van der Waals surface area contributed by atoms with Crippen molar-refractivity contribution in [3.8, 4) is 11.5 Å². The van der Waals surface area contributed by atoms with E-state index in [2.05, 4.69) is 30.6 Å². The van der Waals surface area contributed by atoms with E-state index in [1.54, 1.807) is 0 Å². The quantitative estimate of drug-likeness (QED) is 0.719. The molecule has 2 heterocycles. The van der Waals surface area contributed by atoms with Gasteiger partial charge in [-0.3, -0.25) is 0 Å². The van der Waals surface area contributed by atoms with Crippen LogP contribution in [0.4, 0.5) is 24.9 Å². The third-order valence-electron chi connectivity index (χ3n) is 4.63. The molecule has 2 aromatic rings.